The number of hydrazine groups is 1. The number of anilines is 1. The van der Waals surface area contributed by atoms with E-state index >= 15 is 0 Å². The summed E-state index contributed by atoms with van der Waals surface area (Å²) in [6.45, 7) is 0.610. The molecule has 0 radical (unpaired) electrons. The Morgan fingerprint density at radius 2 is 1.43 bits per heavy atom. The summed E-state index contributed by atoms with van der Waals surface area (Å²) >= 11 is 0. The maximum absolute atomic E-state index is 13.2. The first kappa shape index (κ1) is 23.6. The van der Waals surface area contributed by atoms with E-state index < -0.39 is 0 Å². The minimum absolute atomic E-state index is 0.211. The highest BCUT2D eigenvalue weighted by atomic mass is 16.5. The smallest absolute Gasteiger partial charge is 0.340 e. The number of hydrogen-bond acceptors (Lipinski definition) is 4. The molecule has 0 aromatic heterocycles. The van der Waals surface area contributed by atoms with Gasteiger partial charge in [-0.3, -0.25) is 5.43 Å². The molecule has 37 heavy (non-hydrogen) atoms. The third kappa shape index (κ3) is 5.75. The largest absolute Gasteiger partial charge is 0.481 e. The van der Waals surface area contributed by atoms with Gasteiger partial charge in [0.1, 0.15) is 23.9 Å². The second-order valence-electron chi connectivity index (χ2n) is 8.30. The Kier molecular flexibility index (Phi) is 7.05. The summed E-state index contributed by atoms with van der Waals surface area (Å²) in [6, 6.07) is 34.2. The fourth-order valence-electron chi connectivity index (χ4n) is 3.98. The van der Waals surface area contributed by atoms with Crippen LogP contribution in [-0.2, 0) is 0 Å². The predicted molar refractivity (Wildman–Crippen MR) is 146 cm³/mol. The van der Waals surface area contributed by atoms with E-state index in [-0.39, 0.29) is 12.6 Å². The number of amides is 2. The zero-order valence-corrected chi connectivity index (χ0v) is 20.1. The monoisotopic (exact) mass is 487 g/mol. The molecule has 0 saturated heterocycles. The van der Waals surface area contributed by atoms with Crippen LogP contribution in [0.5, 0.6) is 17.2 Å². The van der Waals surface area contributed by atoms with Crippen molar-refractivity contribution in [2.75, 3.05) is 18.5 Å². The molecule has 2 N–H and O–H groups in total. The summed E-state index contributed by atoms with van der Waals surface area (Å²) in [7, 11) is 0. The molecule has 1 aliphatic rings. The molecule has 5 rings (SSSR count). The van der Waals surface area contributed by atoms with E-state index in [0.29, 0.717) is 23.7 Å². The van der Waals surface area contributed by atoms with Gasteiger partial charge in [0.05, 0.1) is 12.2 Å². The van der Waals surface area contributed by atoms with Crippen molar-refractivity contribution in [3.63, 3.8) is 0 Å². The fourth-order valence-corrected chi connectivity index (χ4v) is 3.98. The van der Waals surface area contributed by atoms with Crippen molar-refractivity contribution in [2.45, 2.75) is 0 Å². The number of urea groups is 1. The SMILES string of the molecule is C#CCOc1ccc(C2=C(c3ccccc3)CN(C(=O)Nc3ccc(Oc4ccccc4)cc3)N2)cc1. The number of carbonyl (C=O) groups is 1. The van der Waals surface area contributed by atoms with Gasteiger partial charge in [0, 0.05) is 16.8 Å². The Morgan fingerprint density at radius 1 is 0.811 bits per heavy atom. The van der Waals surface area contributed by atoms with Crippen LogP contribution >= 0.6 is 0 Å². The van der Waals surface area contributed by atoms with Crippen LogP contribution in [0.25, 0.3) is 11.3 Å². The lowest BCUT2D eigenvalue weighted by Crippen LogP contribution is -2.40. The van der Waals surface area contributed by atoms with Crippen molar-refractivity contribution in [3.05, 3.63) is 120 Å². The first-order chi connectivity index (χ1) is 18.2. The lowest BCUT2D eigenvalue weighted by molar-refractivity contribution is 0.210. The molecule has 4 aromatic carbocycles. The first-order valence-electron chi connectivity index (χ1n) is 11.8. The van der Waals surface area contributed by atoms with Crippen molar-refractivity contribution >= 4 is 23.0 Å². The summed E-state index contributed by atoms with van der Waals surface area (Å²) in [5, 5.41) is 4.52. The van der Waals surface area contributed by atoms with E-state index in [1.165, 1.54) is 0 Å². The first-order valence-corrected chi connectivity index (χ1v) is 11.8. The number of nitrogens with one attached hydrogen (secondary N) is 2. The van der Waals surface area contributed by atoms with Gasteiger partial charge >= 0.3 is 6.03 Å². The Morgan fingerprint density at radius 3 is 2.11 bits per heavy atom. The normalized spacial score (nSPS) is 12.5. The van der Waals surface area contributed by atoms with Gasteiger partial charge in [-0.25, -0.2) is 9.80 Å². The molecule has 6 heteroatoms. The molecule has 0 saturated carbocycles. The molecule has 6 nitrogen and oxygen atoms in total. The number of benzene rings is 4. The van der Waals surface area contributed by atoms with Crippen molar-refractivity contribution in [1.82, 2.24) is 10.4 Å². The Labute approximate surface area is 216 Å². The molecule has 0 unspecified atom stereocenters. The minimum atomic E-state index is -0.269. The second-order valence-corrected chi connectivity index (χ2v) is 8.30. The summed E-state index contributed by atoms with van der Waals surface area (Å²) < 4.78 is 11.3. The molecular formula is C31H25N3O3. The number of ether oxygens (including phenoxy) is 2. The second kappa shape index (κ2) is 11.1. The van der Waals surface area contributed by atoms with E-state index in [4.69, 9.17) is 15.9 Å². The van der Waals surface area contributed by atoms with Gasteiger partial charge in [-0.05, 0) is 66.2 Å². The Balaban J connectivity index is 1.30. The van der Waals surface area contributed by atoms with E-state index in [0.717, 1.165) is 28.1 Å². The van der Waals surface area contributed by atoms with Crippen LogP contribution in [0.15, 0.2) is 109 Å². The number of nitrogens with zero attached hydrogens (tertiary/aromatic N) is 1. The number of rotatable bonds is 7. The third-order valence-electron chi connectivity index (χ3n) is 5.78. The molecular weight excluding hydrogens is 462 g/mol. The predicted octanol–water partition coefficient (Wildman–Crippen LogP) is 6.41. The van der Waals surface area contributed by atoms with Gasteiger partial charge in [-0.2, -0.15) is 0 Å². The molecule has 1 heterocycles. The van der Waals surface area contributed by atoms with E-state index in [1.54, 1.807) is 5.01 Å². The van der Waals surface area contributed by atoms with Crippen LogP contribution in [0.3, 0.4) is 0 Å². The van der Waals surface area contributed by atoms with Crippen LogP contribution in [0.1, 0.15) is 11.1 Å². The standard InChI is InChI=1S/C31H25N3O3/c1-2-21-36-26-17-13-24(14-18-26)30-29(23-9-5-3-6-10-23)22-34(33-30)31(35)32-25-15-19-28(20-16-25)37-27-11-7-4-8-12-27/h1,3-20,33H,21-22H2,(H,32,35). The van der Waals surface area contributed by atoms with Gasteiger partial charge in [0.15, 0.2) is 0 Å². The lowest BCUT2D eigenvalue weighted by atomic mass is 10.0. The zero-order valence-electron chi connectivity index (χ0n) is 20.1. The molecule has 0 fully saturated rings. The zero-order chi connectivity index (χ0) is 25.5. The van der Waals surface area contributed by atoms with Gasteiger partial charge in [0.25, 0.3) is 0 Å². The quantitative estimate of drug-likeness (QED) is 0.296. The maximum atomic E-state index is 13.2. The summed E-state index contributed by atoms with van der Waals surface area (Å²) in [5.74, 6) is 4.60. The number of terminal acetylenes is 1. The lowest BCUT2D eigenvalue weighted by Gasteiger charge is -2.19. The molecule has 4 aromatic rings. The molecule has 0 spiro atoms. The van der Waals surface area contributed by atoms with E-state index in [1.807, 2.05) is 109 Å². The molecule has 0 bridgehead atoms. The number of hydrogen-bond donors (Lipinski definition) is 2. The third-order valence-corrected chi connectivity index (χ3v) is 5.78. The summed E-state index contributed by atoms with van der Waals surface area (Å²) in [5.41, 5.74) is 7.79. The summed E-state index contributed by atoms with van der Waals surface area (Å²) in [6.07, 6.45) is 5.28. The van der Waals surface area contributed by atoms with Crippen molar-refractivity contribution in [1.29, 1.82) is 0 Å². The maximum Gasteiger partial charge on any atom is 0.340 e. The average molecular weight is 488 g/mol. The fraction of sp³-hybridized carbons (Fsp3) is 0.0645. The van der Waals surface area contributed by atoms with E-state index in [9.17, 15) is 4.79 Å². The van der Waals surface area contributed by atoms with Crippen LogP contribution < -0.4 is 20.2 Å². The van der Waals surface area contributed by atoms with Crippen molar-refractivity contribution in [3.8, 4) is 29.6 Å². The molecule has 182 valence electrons. The minimum Gasteiger partial charge on any atom is -0.481 e. The summed E-state index contributed by atoms with van der Waals surface area (Å²) in [4.78, 5) is 13.2. The van der Waals surface area contributed by atoms with E-state index in [2.05, 4.69) is 16.7 Å². The molecule has 0 atom stereocenters. The molecule has 2 amide bonds. The van der Waals surface area contributed by atoms with Crippen LogP contribution in [0.4, 0.5) is 10.5 Å². The highest BCUT2D eigenvalue weighted by Gasteiger charge is 2.27. The van der Waals surface area contributed by atoms with Crippen LogP contribution in [-0.4, -0.2) is 24.2 Å². The van der Waals surface area contributed by atoms with Gasteiger partial charge < -0.3 is 14.8 Å². The molecule has 0 aliphatic carbocycles. The van der Waals surface area contributed by atoms with Gasteiger partial charge in [0.2, 0.25) is 0 Å². The Hall–Kier alpha value is -5.15. The highest BCUT2D eigenvalue weighted by molar-refractivity contribution is 5.98. The highest BCUT2D eigenvalue weighted by Crippen LogP contribution is 2.31. The molecule has 1 aliphatic heterocycles. The topological polar surface area (TPSA) is 62.8 Å². The van der Waals surface area contributed by atoms with Gasteiger partial charge in [-0.1, -0.05) is 54.5 Å². The number of para-hydroxylation sites is 1. The average Bonchev–Trinajstić information content (AvgIpc) is 3.40. The van der Waals surface area contributed by atoms with Crippen LogP contribution in [0.2, 0.25) is 0 Å². The van der Waals surface area contributed by atoms with Crippen LogP contribution in [0, 0.1) is 12.3 Å². The van der Waals surface area contributed by atoms with Crippen molar-refractivity contribution < 1.29 is 14.3 Å². The number of carbonyl (C=O) groups excluding carboxylic acids is 1. The van der Waals surface area contributed by atoms with Crippen molar-refractivity contribution in [2.24, 2.45) is 0 Å². The Bertz CT molecular complexity index is 1430. The van der Waals surface area contributed by atoms with Gasteiger partial charge in [-0.15, -0.1) is 6.42 Å².